The molecule has 2 heterocycles. The SMILES string of the molecule is COc1cccc(-n2ccn3cc(-c4ccc(C)cc4C)nc3c2=O)c1. The van der Waals surface area contributed by atoms with Gasteiger partial charge in [0.25, 0.3) is 5.56 Å². The lowest BCUT2D eigenvalue weighted by Gasteiger charge is -2.07. The number of ether oxygens (including phenoxy) is 1. The molecule has 0 bridgehead atoms. The first-order valence-electron chi connectivity index (χ1n) is 8.39. The summed E-state index contributed by atoms with van der Waals surface area (Å²) in [6.07, 6.45) is 5.48. The molecule has 0 saturated carbocycles. The number of fused-ring (bicyclic) bond motifs is 1. The van der Waals surface area contributed by atoms with Crippen molar-refractivity contribution in [2.24, 2.45) is 0 Å². The van der Waals surface area contributed by atoms with Gasteiger partial charge in [0.15, 0.2) is 0 Å². The minimum atomic E-state index is -0.170. The van der Waals surface area contributed by atoms with Crippen LogP contribution in [0.2, 0.25) is 0 Å². The summed E-state index contributed by atoms with van der Waals surface area (Å²) in [6, 6.07) is 13.6. The Kier molecular flexibility index (Phi) is 3.84. The van der Waals surface area contributed by atoms with E-state index in [0.29, 0.717) is 11.4 Å². The topological polar surface area (TPSA) is 48.5 Å². The molecule has 0 fully saturated rings. The number of rotatable bonds is 3. The highest BCUT2D eigenvalue weighted by Gasteiger charge is 2.12. The maximum atomic E-state index is 13.0. The standard InChI is InChI=1S/C21H19N3O2/c1-14-7-8-18(15(2)11-14)19-13-23-9-10-24(21(25)20(23)22-19)16-5-4-6-17(12-16)26-3/h4-13H,1-3H3. The molecule has 130 valence electrons. The third-order valence-electron chi connectivity index (χ3n) is 4.51. The Bertz CT molecular complexity index is 1170. The molecular formula is C21H19N3O2. The van der Waals surface area contributed by atoms with Crippen molar-refractivity contribution in [2.45, 2.75) is 13.8 Å². The van der Waals surface area contributed by atoms with Crippen molar-refractivity contribution in [1.82, 2.24) is 14.0 Å². The zero-order valence-corrected chi connectivity index (χ0v) is 14.9. The fourth-order valence-corrected chi connectivity index (χ4v) is 3.17. The Morgan fingerprint density at radius 2 is 1.88 bits per heavy atom. The summed E-state index contributed by atoms with van der Waals surface area (Å²) in [5, 5.41) is 0. The molecule has 4 rings (SSSR count). The van der Waals surface area contributed by atoms with Gasteiger partial charge in [-0.2, -0.15) is 0 Å². The molecule has 0 aliphatic heterocycles. The number of hydrogen-bond acceptors (Lipinski definition) is 3. The van der Waals surface area contributed by atoms with Crippen LogP contribution in [-0.2, 0) is 0 Å². The zero-order chi connectivity index (χ0) is 18.3. The first-order valence-corrected chi connectivity index (χ1v) is 8.39. The number of benzene rings is 2. The fraction of sp³-hybridized carbons (Fsp3) is 0.143. The van der Waals surface area contributed by atoms with E-state index < -0.39 is 0 Å². The molecule has 0 amide bonds. The molecule has 4 aromatic rings. The third-order valence-corrected chi connectivity index (χ3v) is 4.51. The minimum absolute atomic E-state index is 0.170. The highest BCUT2D eigenvalue weighted by Crippen LogP contribution is 2.23. The average Bonchev–Trinajstić information content (AvgIpc) is 3.07. The summed E-state index contributed by atoms with van der Waals surface area (Å²) in [4.78, 5) is 17.6. The van der Waals surface area contributed by atoms with Crippen molar-refractivity contribution in [2.75, 3.05) is 7.11 Å². The Labute approximate surface area is 151 Å². The van der Waals surface area contributed by atoms with Gasteiger partial charge in [-0.3, -0.25) is 9.36 Å². The van der Waals surface area contributed by atoms with Crippen LogP contribution in [0.1, 0.15) is 11.1 Å². The monoisotopic (exact) mass is 345 g/mol. The molecular weight excluding hydrogens is 326 g/mol. The summed E-state index contributed by atoms with van der Waals surface area (Å²) in [6.45, 7) is 4.12. The van der Waals surface area contributed by atoms with Gasteiger partial charge in [0.1, 0.15) is 5.75 Å². The molecule has 5 heteroatoms. The minimum Gasteiger partial charge on any atom is -0.497 e. The van der Waals surface area contributed by atoms with Crippen LogP contribution in [0.15, 0.2) is 65.8 Å². The second kappa shape index (κ2) is 6.19. The van der Waals surface area contributed by atoms with Crippen LogP contribution in [0.5, 0.6) is 5.75 Å². The van der Waals surface area contributed by atoms with Gasteiger partial charge in [-0.1, -0.05) is 29.8 Å². The third kappa shape index (κ3) is 2.67. The van der Waals surface area contributed by atoms with E-state index in [0.717, 1.165) is 22.5 Å². The number of imidazole rings is 1. The normalized spacial score (nSPS) is 11.0. The van der Waals surface area contributed by atoms with Gasteiger partial charge in [-0.25, -0.2) is 4.98 Å². The van der Waals surface area contributed by atoms with Crippen molar-refractivity contribution in [3.63, 3.8) is 0 Å². The molecule has 0 aliphatic carbocycles. The molecule has 0 saturated heterocycles. The van der Waals surface area contributed by atoms with Crippen molar-refractivity contribution < 1.29 is 4.74 Å². The Balaban J connectivity index is 1.87. The lowest BCUT2D eigenvalue weighted by atomic mass is 10.0. The Morgan fingerprint density at radius 1 is 1.04 bits per heavy atom. The first kappa shape index (κ1) is 16.1. The van der Waals surface area contributed by atoms with Crippen LogP contribution in [0, 0.1) is 13.8 Å². The van der Waals surface area contributed by atoms with E-state index in [9.17, 15) is 4.79 Å². The van der Waals surface area contributed by atoms with Gasteiger partial charge in [-0.05, 0) is 31.5 Å². The molecule has 2 aromatic carbocycles. The van der Waals surface area contributed by atoms with E-state index >= 15 is 0 Å². The Hall–Kier alpha value is -3.34. The summed E-state index contributed by atoms with van der Waals surface area (Å²) in [7, 11) is 1.61. The maximum Gasteiger partial charge on any atom is 0.298 e. The zero-order valence-electron chi connectivity index (χ0n) is 14.9. The molecule has 0 aliphatic rings. The van der Waals surface area contributed by atoms with Crippen molar-refractivity contribution in [1.29, 1.82) is 0 Å². The number of aryl methyl sites for hydroxylation is 2. The lowest BCUT2D eigenvalue weighted by Crippen LogP contribution is -2.19. The van der Waals surface area contributed by atoms with Crippen molar-refractivity contribution >= 4 is 5.65 Å². The molecule has 0 atom stereocenters. The highest BCUT2D eigenvalue weighted by molar-refractivity contribution is 5.66. The van der Waals surface area contributed by atoms with Gasteiger partial charge in [0.2, 0.25) is 5.65 Å². The van der Waals surface area contributed by atoms with Crippen LogP contribution >= 0.6 is 0 Å². The van der Waals surface area contributed by atoms with E-state index in [4.69, 9.17) is 4.74 Å². The highest BCUT2D eigenvalue weighted by atomic mass is 16.5. The van der Waals surface area contributed by atoms with E-state index in [2.05, 4.69) is 31.0 Å². The maximum absolute atomic E-state index is 13.0. The van der Waals surface area contributed by atoms with Crippen molar-refractivity contribution in [3.8, 4) is 22.7 Å². The van der Waals surface area contributed by atoms with E-state index in [1.165, 1.54) is 5.56 Å². The first-order chi connectivity index (χ1) is 12.6. The fourth-order valence-electron chi connectivity index (χ4n) is 3.17. The van der Waals surface area contributed by atoms with Crippen LogP contribution < -0.4 is 10.3 Å². The molecule has 0 N–H and O–H groups in total. The average molecular weight is 345 g/mol. The molecule has 2 aromatic heterocycles. The molecule has 0 spiro atoms. The lowest BCUT2D eigenvalue weighted by molar-refractivity contribution is 0.414. The summed E-state index contributed by atoms with van der Waals surface area (Å²) in [5.74, 6) is 0.702. The van der Waals surface area contributed by atoms with Gasteiger partial charge >= 0.3 is 0 Å². The molecule has 0 unspecified atom stereocenters. The quantitative estimate of drug-likeness (QED) is 0.568. The predicted molar refractivity (Wildman–Crippen MR) is 102 cm³/mol. The van der Waals surface area contributed by atoms with Crippen molar-refractivity contribution in [3.05, 3.63) is 82.5 Å². The van der Waals surface area contributed by atoms with Crippen LogP contribution in [-0.4, -0.2) is 21.1 Å². The molecule has 26 heavy (non-hydrogen) atoms. The number of nitrogens with zero attached hydrogens (tertiary/aromatic N) is 3. The van der Waals surface area contributed by atoms with Crippen LogP contribution in [0.4, 0.5) is 0 Å². The van der Waals surface area contributed by atoms with E-state index in [1.54, 1.807) is 22.3 Å². The van der Waals surface area contributed by atoms with Gasteiger partial charge in [-0.15, -0.1) is 0 Å². The smallest absolute Gasteiger partial charge is 0.298 e. The summed E-state index contributed by atoms with van der Waals surface area (Å²) < 4.78 is 8.60. The Morgan fingerprint density at radius 3 is 2.65 bits per heavy atom. The number of methoxy groups -OCH3 is 1. The van der Waals surface area contributed by atoms with Gasteiger partial charge < -0.3 is 9.14 Å². The van der Waals surface area contributed by atoms with Crippen LogP contribution in [0.3, 0.4) is 0 Å². The second-order valence-electron chi connectivity index (χ2n) is 6.35. The molecule has 0 radical (unpaired) electrons. The second-order valence-corrected chi connectivity index (χ2v) is 6.35. The number of hydrogen-bond donors (Lipinski definition) is 0. The van der Waals surface area contributed by atoms with Gasteiger partial charge in [0.05, 0.1) is 18.5 Å². The predicted octanol–water partition coefficient (Wildman–Crippen LogP) is 3.78. The summed E-state index contributed by atoms with van der Waals surface area (Å²) >= 11 is 0. The van der Waals surface area contributed by atoms with E-state index in [-0.39, 0.29) is 5.56 Å². The van der Waals surface area contributed by atoms with E-state index in [1.807, 2.05) is 42.7 Å². The van der Waals surface area contributed by atoms with Gasteiger partial charge in [0, 0.05) is 30.2 Å². The summed E-state index contributed by atoms with van der Waals surface area (Å²) in [5.41, 5.74) is 5.14. The largest absolute Gasteiger partial charge is 0.497 e. The van der Waals surface area contributed by atoms with Crippen LogP contribution in [0.25, 0.3) is 22.6 Å². The number of aromatic nitrogens is 3. The molecule has 5 nitrogen and oxygen atoms in total.